The van der Waals surface area contributed by atoms with Gasteiger partial charge in [0.2, 0.25) is 5.76 Å². The zero-order valence-corrected chi connectivity index (χ0v) is 14.9. The Labute approximate surface area is 148 Å². The van der Waals surface area contributed by atoms with Gasteiger partial charge in [0, 0.05) is 19.5 Å². The molecule has 7 nitrogen and oxygen atoms in total. The van der Waals surface area contributed by atoms with E-state index in [0.717, 1.165) is 26.0 Å². The van der Waals surface area contributed by atoms with E-state index >= 15 is 0 Å². The van der Waals surface area contributed by atoms with Gasteiger partial charge in [-0.3, -0.25) is 4.79 Å². The van der Waals surface area contributed by atoms with Crippen LogP contribution in [0.15, 0.2) is 10.8 Å². The normalized spacial score (nSPS) is 30.0. The monoisotopic (exact) mass is 349 g/mol. The first-order chi connectivity index (χ1) is 12.2. The summed E-state index contributed by atoms with van der Waals surface area (Å²) < 4.78 is 17.4. The van der Waals surface area contributed by atoms with Crippen molar-refractivity contribution in [3.8, 4) is 0 Å². The topological polar surface area (TPSA) is 68.0 Å². The molecule has 1 aromatic rings. The molecule has 0 radical (unpaired) electrons. The van der Waals surface area contributed by atoms with Gasteiger partial charge in [0.05, 0.1) is 37.2 Å². The molecule has 4 rings (SSSR count). The predicted molar refractivity (Wildman–Crippen MR) is 90.5 cm³/mol. The third-order valence-electron chi connectivity index (χ3n) is 5.68. The molecule has 3 saturated heterocycles. The Morgan fingerprint density at radius 3 is 3.00 bits per heavy atom. The smallest absolute Gasteiger partial charge is 0.291 e. The van der Waals surface area contributed by atoms with Crippen molar-refractivity contribution in [2.75, 3.05) is 45.9 Å². The summed E-state index contributed by atoms with van der Waals surface area (Å²) in [5.74, 6) is 0.252. The number of nitrogens with zero attached hydrogens (tertiary/aromatic N) is 3. The first kappa shape index (κ1) is 17.0. The highest BCUT2D eigenvalue weighted by Gasteiger charge is 2.47. The van der Waals surface area contributed by atoms with Gasteiger partial charge in [-0.2, -0.15) is 0 Å². The second-order valence-corrected chi connectivity index (χ2v) is 7.48. The van der Waals surface area contributed by atoms with Crippen LogP contribution in [0.1, 0.15) is 41.9 Å². The van der Waals surface area contributed by atoms with Crippen molar-refractivity contribution in [1.29, 1.82) is 0 Å². The predicted octanol–water partition coefficient (Wildman–Crippen LogP) is 1.47. The summed E-state index contributed by atoms with van der Waals surface area (Å²) in [6, 6.07) is 0. The van der Waals surface area contributed by atoms with Gasteiger partial charge in [0.25, 0.3) is 5.91 Å². The maximum Gasteiger partial charge on any atom is 0.291 e. The van der Waals surface area contributed by atoms with Crippen LogP contribution in [0.4, 0.5) is 0 Å². The number of hydrogen-bond acceptors (Lipinski definition) is 6. The van der Waals surface area contributed by atoms with E-state index in [1.165, 1.54) is 32.3 Å². The summed E-state index contributed by atoms with van der Waals surface area (Å²) in [6.45, 7) is 7.90. The molecular formula is C18H27N3O4. The maximum absolute atomic E-state index is 12.6. The Hall–Kier alpha value is -1.44. The Morgan fingerprint density at radius 2 is 2.24 bits per heavy atom. The maximum atomic E-state index is 12.6. The summed E-state index contributed by atoms with van der Waals surface area (Å²) >= 11 is 0. The first-order valence-electron chi connectivity index (χ1n) is 9.32. The van der Waals surface area contributed by atoms with E-state index in [2.05, 4.69) is 9.88 Å². The van der Waals surface area contributed by atoms with Crippen molar-refractivity contribution in [1.82, 2.24) is 14.8 Å². The Bertz CT molecular complexity index is 613. The van der Waals surface area contributed by atoms with Crippen molar-refractivity contribution in [3.05, 3.63) is 17.8 Å². The number of carbonyl (C=O) groups excluding carboxylic acids is 1. The lowest BCUT2D eigenvalue weighted by Gasteiger charge is -2.23. The van der Waals surface area contributed by atoms with Crippen LogP contribution in [0.3, 0.4) is 0 Å². The molecule has 3 fully saturated rings. The molecule has 0 aliphatic carbocycles. The molecule has 1 aromatic heterocycles. The summed E-state index contributed by atoms with van der Waals surface area (Å²) in [5, 5.41) is 0. The quantitative estimate of drug-likeness (QED) is 0.802. The van der Waals surface area contributed by atoms with E-state index in [0.29, 0.717) is 31.2 Å². The van der Waals surface area contributed by atoms with E-state index in [1.54, 1.807) is 6.92 Å². The van der Waals surface area contributed by atoms with Gasteiger partial charge < -0.3 is 23.7 Å². The molecule has 0 saturated carbocycles. The number of oxazole rings is 1. The molecule has 3 aliphatic rings. The largest absolute Gasteiger partial charge is 0.438 e. The van der Waals surface area contributed by atoms with Crippen LogP contribution in [-0.2, 0) is 9.47 Å². The Kier molecular flexibility index (Phi) is 4.80. The van der Waals surface area contributed by atoms with Crippen LogP contribution in [0.2, 0.25) is 0 Å². The summed E-state index contributed by atoms with van der Waals surface area (Å²) in [7, 11) is 0. The standard InChI is InChI=1S/C18H27N3O4/c1-14-16(24-13-19-14)17(22)21-7-4-18(12-21)10-15(11-25-18)23-9-8-20-5-2-3-6-20/h13,15H,2-12H2,1H3/t15-,18-/m0/s1. The first-order valence-corrected chi connectivity index (χ1v) is 9.32. The third-order valence-corrected chi connectivity index (χ3v) is 5.68. The van der Waals surface area contributed by atoms with Gasteiger partial charge >= 0.3 is 0 Å². The minimum Gasteiger partial charge on any atom is -0.438 e. The fourth-order valence-electron chi connectivity index (χ4n) is 4.22. The van der Waals surface area contributed by atoms with Gasteiger partial charge in [0.1, 0.15) is 0 Å². The number of hydrogen-bond donors (Lipinski definition) is 0. The number of carbonyl (C=O) groups is 1. The third kappa shape index (κ3) is 3.59. The van der Waals surface area contributed by atoms with Crippen molar-refractivity contribution in [2.45, 2.75) is 44.3 Å². The molecule has 25 heavy (non-hydrogen) atoms. The summed E-state index contributed by atoms with van der Waals surface area (Å²) in [4.78, 5) is 20.9. The van der Waals surface area contributed by atoms with Crippen molar-refractivity contribution in [3.63, 3.8) is 0 Å². The molecule has 7 heteroatoms. The number of aromatic nitrogens is 1. The van der Waals surface area contributed by atoms with Crippen LogP contribution in [0.5, 0.6) is 0 Å². The van der Waals surface area contributed by atoms with Gasteiger partial charge in [0.15, 0.2) is 6.39 Å². The van der Waals surface area contributed by atoms with Crippen LogP contribution in [0.25, 0.3) is 0 Å². The molecule has 0 bridgehead atoms. The Morgan fingerprint density at radius 1 is 1.40 bits per heavy atom. The van der Waals surface area contributed by atoms with Crippen molar-refractivity contribution < 1.29 is 18.7 Å². The lowest BCUT2D eigenvalue weighted by atomic mass is 9.98. The lowest BCUT2D eigenvalue weighted by molar-refractivity contribution is 0.000819. The van der Waals surface area contributed by atoms with Crippen LogP contribution in [-0.4, -0.2) is 78.3 Å². The van der Waals surface area contributed by atoms with Crippen LogP contribution >= 0.6 is 0 Å². The molecular weight excluding hydrogens is 322 g/mol. The molecule has 0 aromatic carbocycles. The zero-order chi connectivity index (χ0) is 17.3. The zero-order valence-electron chi connectivity index (χ0n) is 14.9. The fourth-order valence-corrected chi connectivity index (χ4v) is 4.22. The fraction of sp³-hybridized carbons (Fsp3) is 0.778. The van der Waals surface area contributed by atoms with E-state index < -0.39 is 0 Å². The molecule has 3 aliphatic heterocycles. The summed E-state index contributed by atoms with van der Waals surface area (Å²) in [6.07, 6.45) is 5.81. The average molecular weight is 349 g/mol. The second-order valence-electron chi connectivity index (χ2n) is 7.48. The summed E-state index contributed by atoms with van der Waals surface area (Å²) in [5.41, 5.74) is 0.392. The van der Waals surface area contributed by atoms with E-state index in [-0.39, 0.29) is 17.6 Å². The lowest BCUT2D eigenvalue weighted by Crippen LogP contribution is -2.36. The average Bonchev–Trinajstić information content (AvgIpc) is 3.38. The van der Waals surface area contributed by atoms with E-state index in [4.69, 9.17) is 13.9 Å². The van der Waals surface area contributed by atoms with Gasteiger partial charge in [-0.05, 0) is 39.3 Å². The van der Waals surface area contributed by atoms with E-state index in [1.807, 2.05) is 4.90 Å². The number of amides is 1. The second kappa shape index (κ2) is 7.05. The number of ether oxygens (including phenoxy) is 2. The van der Waals surface area contributed by atoms with Crippen LogP contribution < -0.4 is 0 Å². The van der Waals surface area contributed by atoms with Gasteiger partial charge in [-0.1, -0.05) is 0 Å². The van der Waals surface area contributed by atoms with Crippen molar-refractivity contribution in [2.24, 2.45) is 0 Å². The molecule has 138 valence electrons. The number of aryl methyl sites for hydroxylation is 1. The highest BCUT2D eigenvalue weighted by atomic mass is 16.6. The number of likely N-dealkylation sites (tertiary alicyclic amines) is 2. The molecule has 1 amide bonds. The SMILES string of the molecule is Cc1ncoc1C(=O)N1CC[C@]2(C[C@H](OCCN3CCCC3)CO2)C1. The molecule has 2 atom stereocenters. The highest BCUT2D eigenvalue weighted by molar-refractivity contribution is 5.92. The van der Waals surface area contributed by atoms with E-state index in [9.17, 15) is 4.79 Å². The minimum absolute atomic E-state index is 0.0890. The van der Waals surface area contributed by atoms with Gasteiger partial charge in [-0.25, -0.2) is 4.98 Å². The minimum atomic E-state index is -0.248. The molecule has 0 unspecified atom stereocenters. The molecule has 1 spiro atoms. The molecule has 0 N–H and O–H groups in total. The highest BCUT2D eigenvalue weighted by Crippen LogP contribution is 2.36. The van der Waals surface area contributed by atoms with Crippen molar-refractivity contribution >= 4 is 5.91 Å². The van der Waals surface area contributed by atoms with Crippen LogP contribution in [0, 0.1) is 6.92 Å². The number of rotatable bonds is 5. The molecule has 4 heterocycles. The van der Waals surface area contributed by atoms with Gasteiger partial charge in [-0.15, -0.1) is 0 Å². The Balaban J connectivity index is 1.26.